The van der Waals surface area contributed by atoms with Crippen LogP contribution in [0.1, 0.15) is 58.2 Å². The molecule has 1 aromatic rings. The smallest absolute Gasteiger partial charge is 0.0722 e. The topological polar surface area (TPSA) is 29.9 Å². The zero-order valence-electron chi connectivity index (χ0n) is 12.5. The molecule has 1 N–H and O–H groups in total. The summed E-state index contributed by atoms with van der Waals surface area (Å²) in [5.41, 5.74) is 2.69. The number of nitrogens with one attached hydrogen (secondary N) is 1. The summed E-state index contributed by atoms with van der Waals surface area (Å²) in [6, 6.07) is 0.631. The van der Waals surface area contributed by atoms with E-state index in [2.05, 4.69) is 44.3 Å². The third-order valence-electron chi connectivity index (χ3n) is 4.09. The predicted molar refractivity (Wildman–Crippen MR) is 75.6 cm³/mol. The lowest BCUT2D eigenvalue weighted by molar-refractivity contribution is 0.240. The van der Waals surface area contributed by atoms with Crippen LogP contribution in [0.5, 0.6) is 0 Å². The Morgan fingerprint density at radius 1 is 1.44 bits per heavy atom. The molecular weight excluding hydrogens is 222 g/mol. The Bertz CT molecular complexity index is 396. The molecule has 3 heteroatoms. The first-order valence-corrected chi connectivity index (χ1v) is 7.14. The highest BCUT2D eigenvalue weighted by molar-refractivity contribution is 5.24. The van der Waals surface area contributed by atoms with Gasteiger partial charge in [-0.15, -0.1) is 0 Å². The monoisotopic (exact) mass is 249 g/mol. The van der Waals surface area contributed by atoms with Gasteiger partial charge in [0, 0.05) is 36.8 Å². The van der Waals surface area contributed by atoms with Gasteiger partial charge < -0.3 is 5.32 Å². The van der Waals surface area contributed by atoms with Crippen molar-refractivity contribution in [3.63, 3.8) is 0 Å². The van der Waals surface area contributed by atoms with Gasteiger partial charge in [-0.05, 0) is 25.7 Å². The van der Waals surface area contributed by atoms with Gasteiger partial charge in [0.25, 0.3) is 0 Å². The molecule has 1 saturated carbocycles. The van der Waals surface area contributed by atoms with E-state index < -0.39 is 0 Å². The van der Waals surface area contributed by atoms with Crippen LogP contribution in [0.15, 0.2) is 6.20 Å². The van der Waals surface area contributed by atoms with Crippen molar-refractivity contribution in [2.75, 3.05) is 0 Å². The number of rotatable bonds is 4. The Balaban J connectivity index is 2.00. The molecule has 1 aliphatic rings. The van der Waals surface area contributed by atoms with Gasteiger partial charge >= 0.3 is 0 Å². The molecule has 18 heavy (non-hydrogen) atoms. The van der Waals surface area contributed by atoms with Crippen molar-refractivity contribution in [1.82, 2.24) is 15.1 Å². The van der Waals surface area contributed by atoms with Gasteiger partial charge in [0.2, 0.25) is 0 Å². The first kappa shape index (κ1) is 13.6. The highest BCUT2D eigenvalue weighted by atomic mass is 15.3. The molecule has 1 atom stereocenters. The molecule has 1 aromatic heterocycles. The Morgan fingerprint density at radius 3 is 2.61 bits per heavy atom. The fourth-order valence-electron chi connectivity index (χ4n) is 2.68. The molecule has 0 aliphatic heterocycles. The van der Waals surface area contributed by atoms with Gasteiger partial charge in [0.1, 0.15) is 0 Å². The number of hydrogen-bond acceptors (Lipinski definition) is 2. The molecule has 1 aliphatic carbocycles. The summed E-state index contributed by atoms with van der Waals surface area (Å²) in [4.78, 5) is 0. The molecule has 0 amide bonds. The van der Waals surface area contributed by atoms with E-state index in [9.17, 15) is 0 Å². The number of hydrogen-bond donors (Lipinski definition) is 1. The van der Waals surface area contributed by atoms with E-state index in [-0.39, 0.29) is 5.41 Å². The number of aromatic nitrogens is 2. The maximum absolute atomic E-state index is 4.62. The number of nitrogens with zero attached hydrogens (tertiary/aromatic N) is 2. The van der Waals surface area contributed by atoms with Crippen LogP contribution < -0.4 is 5.32 Å². The van der Waals surface area contributed by atoms with Crippen LogP contribution in [0.3, 0.4) is 0 Å². The van der Waals surface area contributed by atoms with Crippen LogP contribution in [0.4, 0.5) is 0 Å². The minimum Gasteiger partial charge on any atom is -0.310 e. The van der Waals surface area contributed by atoms with E-state index >= 15 is 0 Å². The molecule has 0 bridgehead atoms. The fraction of sp³-hybridized carbons (Fsp3) is 0.800. The van der Waals surface area contributed by atoms with E-state index in [1.807, 2.05) is 11.7 Å². The fourth-order valence-corrected chi connectivity index (χ4v) is 2.68. The largest absolute Gasteiger partial charge is 0.310 e. The van der Waals surface area contributed by atoms with E-state index in [1.54, 1.807) is 0 Å². The van der Waals surface area contributed by atoms with Crippen LogP contribution in [0.25, 0.3) is 0 Å². The maximum atomic E-state index is 4.62. The van der Waals surface area contributed by atoms with Crippen LogP contribution in [-0.4, -0.2) is 15.8 Å². The zero-order valence-corrected chi connectivity index (χ0v) is 12.5. The molecular formula is C15H27N3. The summed E-state index contributed by atoms with van der Waals surface area (Å²) in [5.74, 6) is 0.889. The van der Waals surface area contributed by atoms with Crippen LogP contribution >= 0.6 is 0 Å². The van der Waals surface area contributed by atoms with Crippen LogP contribution in [0.2, 0.25) is 0 Å². The van der Waals surface area contributed by atoms with Gasteiger partial charge in [-0.2, -0.15) is 5.10 Å². The van der Waals surface area contributed by atoms with Gasteiger partial charge in [0.05, 0.1) is 5.69 Å². The summed E-state index contributed by atoms with van der Waals surface area (Å²) in [7, 11) is 2.01. The summed E-state index contributed by atoms with van der Waals surface area (Å²) < 4.78 is 1.94. The lowest BCUT2D eigenvalue weighted by Gasteiger charge is -2.32. The van der Waals surface area contributed by atoms with Gasteiger partial charge in [-0.1, -0.05) is 27.2 Å². The minimum atomic E-state index is 0.123. The summed E-state index contributed by atoms with van der Waals surface area (Å²) in [5, 5.41) is 8.29. The van der Waals surface area contributed by atoms with E-state index in [0.29, 0.717) is 6.04 Å². The first-order valence-electron chi connectivity index (χ1n) is 7.14. The minimum absolute atomic E-state index is 0.123. The molecule has 1 unspecified atom stereocenters. The van der Waals surface area contributed by atoms with Crippen molar-refractivity contribution in [3.8, 4) is 0 Å². The van der Waals surface area contributed by atoms with Crippen LogP contribution in [0, 0.1) is 5.92 Å². The maximum Gasteiger partial charge on any atom is 0.0722 e. The van der Waals surface area contributed by atoms with Crippen LogP contribution in [-0.2, 0) is 19.0 Å². The second-order valence-corrected chi connectivity index (χ2v) is 6.79. The van der Waals surface area contributed by atoms with E-state index in [1.165, 1.54) is 30.5 Å². The summed E-state index contributed by atoms with van der Waals surface area (Å²) in [6.45, 7) is 9.95. The molecule has 102 valence electrons. The van der Waals surface area contributed by atoms with E-state index in [0.717, 1.165) is 12.5 Å². The van der Waals surface area contributed by atoms with Crippen molar-refractivity contribution in [1.29, 1.82) is 0 Å². The lowest BCUT2D eigenvalue weighted by Crippen LogP contribution is -2.36. The first-order chi connectivity index (χ1) is 8.38. The molecule has 1 fully saturated rings. The Hall–Kier alpha value is -0.830. The lowest BCUT2D eigenvalue weighted by atomic mass is 9.80. The van der Waals surface area contributed by atoms with Gasteiger partial charge in [-0.3, -0.25) is 4.68 Å². The van der Waals surface area contributed by atoms with Crippen molar-refractivity contribution in [2.45, 2.75) is 65.0 Å². The Morgan fingerprint density at radius 2 is 2.11 bits per heavy atom. The van der Waals surface area contributed by atoms with Crippen molar-refractivity contribution in [2.24, 2.45) is 13.0 Å². The second kappa shape index (κ2) is 5.04. The summed E-state index contributed by atoms with van der Waals surface area (Å²) in [6.07, 6.45) is 6.36. The summed E-state index contributed by atoms with van der Waals surface area (Å²) >= 11 is 0. The third kappa shape index (κ3) is 2.94. The molecule has 1 heterocycles. The van der Waals surface area contributed by atoms with Crippen molar-refractivity contribution < 1.29 is 0 Å². The molecule has 0 spiro atoms. The van der Waals surface area contributed by atoms with Crippen molar-refractivity contribution in [3.05, 3.63) is 17.5 Å². The molecule has 2 rings (SSSR count). The SMILES string of the molecule is CC(NCc1cn(C)nc1C(C)(C)C)C1CCC1. The highest BCUT2D eigenvalue weighted by Gasteiger charge is 2.25. The second-order valence-electron chi connectivity index (χ2n) is 6.79. The molecule has 0 radical (unpaired) electrons. The quantitative estimate of drug-likeness (QED) is 0.889. The van der Waals surface area contributed by atoms with Gasteiger partial charge in [-0.25, -0.2) is 0 Å². The zero-order chi connectivity index (χ0) is 13.3. The van der Waals surface area contributed by atoms with Crippen molar-refractivity contribution >= 4 is 0 Å². The normalized spacial score (nSPS) is 18.7. The average Bonchev–Trinajstić information content (AvgIpc) is 2.53. The molecule has 3 nitrogen and oxygen atoms in total. The number of aryl methyl sites for hydroxylation is 1. The molecule has 0 saturated heterocycles. The van der Waals surface area contributed by atoms with E-state index in [4.69, 9.17) is 0 Å². The Kier molecular flexibility index (Phi) is 3.81. The average molecular weight is 249 g/mol. The Labute approximate surface area is 111 Å². The third-order valence-corrected chi connectivity index (χ3v) is 4.09. The highest BCUT2D eigenvalue weighted by Crippen LogP contribution is 2.30. The standard InChI is InChI=1S/C15H27N3/c1-11(12-7-6-8-12)16-9-13-10-18(5)17-14(13)15(2,3)4/h10-12,16H,6-9H2,1-5H3. The van der Waals surface area contributed by atoms with Gasteiger partial charge in [0.15, 0.2) is 0 Å². The predicted octanol–water partition coefficient (Wildman–Crippen LogP) is 3.00. The molecule has 0 aromatic carbocycles.